The van der Waals surface area contributed by atoms with Crippen molar-refractivity contribution in [3.05, 3.63) is 57.8 Å². The SMILES string of the molecule is Cc1cc(CN(C)C(=O)OC(C)(C)C)ccc1Oc1ccc([N+](=O)[O-])cn1. The van der Waals surface area contributed by atoms with Crippen molar-refractivity contribution in [1.82, 2.24) is 9.88 Å². The number of aromatic nitrogens is 1. The number of benzene rings is 1. The first-order chi connectivity index (χ1) is 12.5. The number of rotatable bonds is 5. The molecule has 0 aliphatic carbocycles. The van der Waals surface area contributed by atoms with Crippen LogP contribution in [-0.4, -0.2) is 33.5 Å². The molecule has 0 spiro atoms. The molecular formula is C19H23N3O5. The summed E-state index contributed by atoms with van der Waals surface area (Å²) in [5.41, 5.74) is 1.13. The van der Waals surface area contributed by atoms with E-state index >= 15 is 0 Å². The monoisotopic (exact) mass is 373 g/mol. The Kier molecular flexibility index (Phi) is 5.99. The van der Waals surface area contributed by atoms with Crippen LogP contribution in [0.2, 0.25) is 0 Å². The summed E-state index contributed by atoms with van der Waals surface area (Å²) in [4.78, 5) is 27.6. The van der Waals surface area contributed by atoms with E-state index in [0.29, 0.717) is 12.3 Å². The molecule has 8 heteroatoms. The average Bonchev–Trinajstić information content (AvgIpc) is 2.56. The topological polar surface area (TPSA) is 94.8 Å². The van der Waals surface area contributed by atoms with Crippen LogP contribution in [0.15, 0.2) is 36.5 Å². The maximum Gasteiger partial charge on any atom is 0.410 e. The summed E-state index contributed by atoms with van der Waals surface area (Å²) < 4.78 is 11.0. The summed E-state index contributed by atoms with van der Waals surface area (Å²) in [5, 5.41) is 10.7. The van der Waals surface area contributed by atoms with E-state index in [-0.39, 0.29) is 11.6 Å². The minimum atomic E-state index is -0.545. The van der Waals surface area contributed by atoms with Crippen LogP contribution in [0.1, 0.15) is 31.9 Å². The van der Waals surface area contributed by atoms with Gasteiger partial charge >= 0.3 is 6.09 Å². The highest BCUT2D eigenvalue weighted by Crippen LogP contribution is 2.26. The molecule has 0 saturated heterocycles. The molecule has 0 aliphatic rings. The van der Waals surface area contributed by atoms with Gasteiger partial charge in [0.05, 0.1) is 4.92 Å². The van der Waals surface area contributed by atoms with E-state index < -0.39 is 16.6 Å². The van der Waals surface area contributed by atoms with Gasteiger partial charge in [-0.3, -0.25) is 10.1 Å². The third kappa shape index (κ3) is 5.95. The minimum Gasteiger partial charge on any atom is -0.444 e. The smallest absolute Gasteiger partial charge is 0.410 e. The van der Waals surface area contributed by atoms with Crippen molar-refractivity contribution in [3.63, 3.8) is 0 Å². The van der Waals surface area contributed by atoms with Crippen LogP contribution in [0.25, 0.3) is 0 Å². The van der Waals surface area contributed by atoms with Gasteiger partial charge in [0.1, 0.15) is 17.5 Å². The molecule has 0 atom stereocenters. The van der Waals surface area contributed by atoms with Gasteiger partial charge in [0, 0.05) is 25.7 Å². The number of carbonyl (C=O) groups excluding carboxylic acids is 1. The van der Waals surface area contributed by atoms with Crippen LogP contribution in [0, 0.1) is 17.0 Å². The zero-order valence-electron chi connectivity index (χ0n) is 16.1. The number of nitro groups is 1. The molecular weight excluding hydrogens is 350 g/mol. The summed E-state index contributed by atoms with van der Waals surface area (Å²) in [6.07, 6.45) is 0.755. The van der Waals surface area contributed by atoms with Gasteiger partial charge in [-0.15, -0.1) is 0 Å². The van der Waals surface area contributed by atoms with E-state index in [1.54, 1.807) is 13.1 Å². The van der Waals surface area contributed by atoms with Crippen molar-refractivity contribution >= 4 is 11.8 Å². The molecule has 2 aromatic rings. The van der Waals surface area contributed by atoms with E-state index in [9.17, 15) is 14.9 Å². The summed E-state index contributed by atoms with van der Waals surface area (Å²) in [6.45, 7) is 7.73. The highest BCUT2D eigenvalue weighted by Gasteiger charge is 2.19. The summed E-state index contributed by atoms with van der Waals surface area (Å²) in [6, 6.07) is 8.30. The Morgan fingerprint density at radius 2 is 1.96 bits per heavy atom. The second kappa shape index (κ2) is 8.03. The average molecular weight is 373 g/mol. The Bertz CT molecular complexity index is 828. The van der Waals surface area contributed by atoms with E-state index in [1.165, 1.54) is 17.0 Å². The Balaban J connectivity index is 2.04. The quantitative estimate of drug-likeness (QED) is 0.567. The van der Waals surface area contributed by atoms with Crippen LogP contribution in [0.4, 0.5) is 10.5 Å². The van der Waals surface area contributed by atoms with Crippen LogP contribution >= 0.6 is 0 Å². The maximum absolute atomic E-state index is 12.1. The second-order valence-corrected chi connectivity index (χ2v) is 7.15. The van der Waals surface area contributed by atoms with Crippen molar-refractivity contribution in [2.45, 2.75) is 39.8 Å². The zero-order chi connectivity index (χ0) is 20.2. The molecule has 0 radical (unpaired) electrons. The van der Waals surface area contributed by atoms with E-state index in [1.807, 2.05) is 39.8 Å². The largest absolute Gasteiger partial charge is 0.444 e. The molecule has 1 aromatic heterocycles. The van der Waals surface area contributed by atoms with Gasteiger partial charge < -0.3 is 14.4 Å². The predicted octanol–water partition coefficient (Wildman–Crippen LogP) is 4.46. The Hall–Kier alpha value is -3.16. The van der Waals surface area contributed by atoms with Crippen molar-refractivity contribution < 1.29 is 19.2 Å². The van der Waals surface area contributed by atoms with Gasteiger partial charge in [-0.1, -0.05) is 12.1 Å². The number of aryl methyl sites for hydroxylation is 1. The van der Waals surface area contributed by atoms with Crippen LogP contribution < -0.4 is 4.74 Å². The number of ether oxygens (including phenoxy) is 2. The molecule has 0 unspecified atom stereocenters. The fourth-order valence-corrected chi connectivity index (χ4v) is 2.26. The number of hydrogen-bond acceptors (Lipinski definition) is 6. The predicted molar refractivity (Wildman–Crippen MR) is 99.8 cm³/mol. The molecule has 1 amide bonds. The highest BCUT2D eigenvalue weighted by molar-refractivity contribution is 5.67. The molecule has 27 heavy (non-hydrogen) atoms. The second-order valence-electron chi connectivity index (χ2n) is 7.15. The Labute approximate surface area is 157 Å². The minimum absolute atomic E-state index is 0.0976. The van der Waals surface area contributed by atoms with Crippen molar-refractivity contribution in [2.75, 3.05) is 7.05 Å². The van der Waals surface area contributed by atoms with Gasteiger partial charge in [0.25, 0.3) is 5.69 Å². The molecule has 1 heterocycles. The number of nitrogens with zero attached hydrogens (tertiary/aromatic N) is 3. The molecule has 8 nitrogen and oxygen atoms in total. The number of carbonyl (C=O) groups is 1. The van der Waals surface area contributed by atoms with Gasteiger partial charge in [0.2, 0.25) is 5.88 Å². The molecule has 0 fully saturated rings. The Morgan fingerprint density at radius 1 is 1.26 bits per heavy atom. The first kappa shape index (κ1) is 20.2. The fourth-order valence-electron chi connectivity index (χ4n) is 2.26. The lowest BCUT2D eigenvalue weighted by Crippen LogP contribution is -2.33. The van der Waals surface area contributed by atoms with Gasteiger partial charge in [-0.05, 0) is 44.9 Å². The van der Waals surface area contributed by atoms with Crippen LogP contribution in [-0.2, 0) is 11.3 Å². The number of amides is 1. The van der Waals surface area contributed by atoms with Crippen molar-refractivity contribution in [2.24, 2.45) is 0 Å². The van der Waals surface area contributed by atoms with E-state index in [0.717, 1.165) is 17.3 Å². The molecule has 0 aliphatic heterocycles. The summed E-state index contributed by atoms with van der Waals surface area (Å²) in [7, 11) is 1.68. The van der Waals surface area contributed by atoms with E-state index in [2.05, 4.69) is 4.98 Å². The van der Waals surface area contributed by atoms with Crippen molar-refractivity contribution in [3.8, 4) is 11.6 Å². The Morgan fingerprint density at radius 3 is 2.48 bits per heavy atom. The normalized spacial score (nSPS) is 11.0. The van der Waals surface area contributed by atoms with E-state index in [4.69, 9.17) is 9.47 Å². The molecule has 0 bridgehead atoms. The first-order valence-corrected chi connectivity index (χ1v) is 8.37. The van der Waals surface area contributed by atoms with Gasteiger partial charge in [-0.25, -0.2) is 9.78 Å². The fraction of sp³-hybridized carbons (Fsp3) is 0.368. The van der Waals surface area contributed by atoms with Crippen LogP contribution in [0.3, 0.4) is 0 Å². The lowest BCUT2D eigenvalue weighted by molar-refractivity contribution is -0.385. The standard InChI is InChI=1S/C19H23N3O5/c1-13-10-14(12-21(5)18(23)27-19(2,3)4)6-8-16(13)26-17-9-7-15(11-20-17)22(24)25/h6-11H,12H2,1-5H3. The van der Waals surface area contributed by atoms with Gasteiger partial charge in [-0.2, -0.15) is 0 Å². The van der Waals surface area contributed by atoms with Crippen molar-refractivity contribution in [1.29, 1.82) is 0 Å². The molecule has 1 aromatic carbocycles. The molecule has 0 N–H and O–H groups in total. The van der Waals surface area contributed by atoms with Gasteiger partial charge in [0.15, 0.2) is 0 Å². The number of hydrogen-bond donors (Lipinski definition) is 0. The number of pyridine rings is 1. The zero-order valence-corrected chi connectivity index (χ0v) is 16.1. The molecule has 144 valence electrons. The molecule has 0 saturated carbocycles. The molecule has 2 rings (SSSR count). The highest BCUT2D eigenvalue weighted by atomic mass is 16.6. The summed E-state index contributed by atoms with van der Waals surface area (Å²) in [5.74, 6) is 0.849. The lowest BCUT2D eigenvalue weighted by atomic mass is 10.1. The first-order valence-electron chi connectivity index (χ1n) is 8.37. The third-order valence-corrected chi connectivity index (χ3v) is 3.51. The van der Waals surface area contributed by atoms with Crippen LogP contribution in [0.5, 0.6) is 11.6 Å². The maximum atomic E-state index is 12.1. The third-order valence-electron chi connectivity index (χ3n) is 3.51. The summed E-state index contributed by atoms with van der Waals surface area (Å²) >= 11 is 0. The lowest BCUT2D eigenvalue weighted by Gasteiger charge is -2.24.